The van der Waals surface area contributed by atoms with E-state index in [9.17, 15) is 13.2 Å². The first-order valence-electron chi connectivity index (χ1n) is 5.86. The summed E-state index contributed by atoms with van der Waals surface area (Å²) in [5, 5.41) is 0. The van der Waals surface area contributed by atoms with Gasteiger partial charge in [-0.05, 0) is 36.2 Å². The van der Waals surface area contributed by atoms with Gasteiger partial charge in [0.1, 0.15) is 5.75 Å². The van der Waals surface area contributed by atoms with Gasteiger partial charge in [-0.1, -0.05) is 0 Å². The molecule has 6 heteroatoms. The van der Waals surface area contributed by atoms with Gasteiger partial charge < -0.3 is 10.5 Å². The van der Waals surface area contributed by atoms with Crippen molar-refractivity contribution in [3.63, 3.8) is 0 Å². The van der Waals surface area contributed by atoms with Crippen LogP contribution >= 0.6 is 0 Å². The first-order valence-corrected chi connectivity index (χ1v) is 5.86. The highest BCUT2D eigenvalue weighted by molar-refractivity contribution is 5.69. The molecular weight excluding hydrogens is 269 g/mol. The highest BCUT2D eigenvalue weighted by atomic mass is 19.4. The minimum Gasteiger partial charge on any atom is -0.484 e. The molecule has 0 amide bonds. The van der Waals surface area contributed by atoms with E-state index in [1.54, 1.807) is 18.5 Å². The summed E-state index contributed by atoms with van der Waals surface area (Å²) < 4.78 is 41.2. The number of rotatable bonds is 3. The van der Waals surface area contributed by atoms with E-state index in [0.29, 0.717) is 11.3 Å². The monoisotopic (exact) mass is 282 g/mol. The first-order chi connectivity index (χ1) is 9.33. The molecule has 2 rings (SSSR count). The van der Waals surface area contributed by atoms with E-state index in [-0.39, 0.29) is 5.75 Å². The summed E-state index contributed by atoms with van der Waals surface area (Å²) in [6, 6.07) is 6.41. The number of nitrogens with zero attached hydrogens (tertiary/aromatic N) is 1. The molecule has 0 unspecified atom stereocenters. The summed E-state index contributed by atoms with van der Waals surface area (Å²) >= 11 is 0. The molecule has 0 bridgehead atoms. The van der Waals surface area contributed by atoms with Crippen LogP contribution in [0.2, 0.25) is 0 Å². The number of aryl methyl sites for hydroxylation is 1. The Morgan fingerprint density at radius 3 is 2.50 bits per heavy atom. The average molecular weight is 282 g/mol. The third-order valence-corrected chi connectivity index (χ3v) is 2.54. The van der Waals surface area contributed by atoms with Crippen LogP contribution in [0.1, 0.15) is 5.56 Å². The van der Waals surface area contributed by atoms with Crippen molar-refractivity contribution in [2.75, 3.05) is 12.3 Å². The van der Waals surface area contributed by atoms with Crippen LogP contribution in [0, 0.1) is 6.92 Å². The number of nitrogen functional groups attached to an aromatic ring is 1. The smallest absolute Gasteiger partial charge is 0.422 e. The SMILES string of the molecule is Cc1cncc(-c2cc(N)cc(OCC(F)(F)F)c2)c1. The molecule has 0 saturated carbocycles. The predicted molar refractivity (Wildman–Crippen MR) is 70.4 cm³/mol. The topological polar surface area (TPSA) is 48.1 Å². The summed E-state index contributed by atoms with van der Waals surface area (Å²) in [6.45, 7) is 0.534. The van der Waals surface area contributed by atoms with Crippen molar-refractivity contribution in [2.45, 2.75) is 13.1 Å². The standard InChI is InChI=1S/C14H13F3N2O/c1-9-2-11(7-19-6-9)10-3-12(18)5-13(4-10)20-8-14(15,16)17/h2-7H,8,18H2,1H3. The molecule has 0 spiro atoms. The van der Waals surface area contributed by atoms with Crippen molar-refractivity contribution in [3.8, 4) is 16.9 Å². The third-order valence-electron chi connectivity index (χ3n) is 2.54. The van der Waals surface area contributed by atoms with Crippen LogP contribution in [-0.2, 0) is 0 Å². The molecule has 0 aliphatic rings. The molecule has 0 radical (unpaired) electrons. The molecule has 1 aromatic carbocycles. The second kappa shape index (κ2) is 5.40. The number of halogens is 3. The Hall–Kier alpha value is -2.24. The average Bonchev–Trinajstić information content (AvgIpc) is 2.35. The Labute approximate surface area is 114 Å². The van der Waals surface area contributed by atoms with E-state index < -0.39 is 12.8 Å². The van der Waals surface area contributed by atoms with Crippen molar-refractivity contribution >= 4 is 5.69 Å². The quantitative estimate of drug-likeness (QED) is 0.875. The number of pyridine rings is 1. The number of alkyl halides is 3. The fourth-order valence-corrected chi connectivity index (χ4v) is 1.75. The molecule has 0 aliphatic heterocycles. The lowest BCUT2D eigenvalue weighted by molar-refractivity contribution is -0.153. The Balaban J connectivity index is 2.29. The lowest BCUT2D eigenvalue weighted by Gasteiger charge is -2.11. The molecule has 2 aromatic rings. The molecule has 106 valence electrons. The number of hydrogen-bond acceptors (Lipinski definition) is 3. The van der Waals surface area contributed by atoms with Crippen molar-refractivity contribution in [1.82, 2.24) is 4.98 Å². The first kappa shape index (κ1) is 14.2. The lowest BCUT2D eigenvalue weighted by Crippen LogP contribution is -2.19. The van der Waals surface area contributed by atoms with Gasteiger partial charge in [0.15, 0.2) is 6.61 Å². The van der Waals surface area contributed by atoms with E-state index in [1.807, 2.05) is 13.0 Å². The van der Waals surface area contributed by atoms with Crippen molar-refractivity contribution in [3.05, 3.63) is 42.2 Å². The molecule has 1 aromatic heterocycles. The molecule has 0 aliphatic carbocycles. The fraction of sp³-hybridized carbons (Fsp3) is 0.214. The van der Waals surface area contributed by atoms with Gasteiger partial charge in [-0.15, -0.1) is 0 Å². The number of anilines is 1. The van der Waals surface area contributed by atoms with Gasteiger partial charge in [0.2, 0.25) is 0 Å². The maximum absolute atomic E-state index is 12.2. The molecule has 1 heterocycles. The second-order valence-corrected chi connectivity index (χ2v) is 4.45. The maximum Gasteiger partial charge on any atom is 0.422 e. The summed E-state index contributed by atoms with van der Waals surface area (Å²) in [5.41, 5.74) is 8.41. The van der Waals surface area contributed by atoms with Crippen LogP contribution < -0.4 is 10.5 Å². The maximum atomic E-state index is 12.2. The van der Waals surface area contributed by atoms with Crippen molar-refractivity contribution < 1.29 is 17.9 Å². The molecular formula is C14H13F3N2O. The number of ether oxygens (including phenoxy) is 1. The summed E-state index contributed by atoms with van der Waals surface area (Å²) in [5.74, 6) is 0.0823. The summed E-state index contributed by atoms with van der Waals surface area (Å²) in [4.78, 5) is 4.04. The van der Waals surface area contributed by atoms with Gasteiger partial charge in [-0.2, -0.15) is 13.2 Å². The summed E-state index contributed by atoms with van der Waals surface area (Å²) in [6.07, 6.45) is -1.07. The zero-order valence-electron chi connectivity index (χ0n) is 10.7. The van der Waals surface area contributed by atoms with Crippen LogP contribution in [0.4, 0.5) is 18.9 Å². The van der Waals surface area contributed by atoms with Gasteiger partial charge in [0.05, 0.1) is 0 Å². The zero-order valence-corrected chi connectivity index (χ0v) is 10.7. The number of benzene rings is 1. The normalized spacial score (nSPS) is 11.4. The highest BCUT2D eigenvalue weighted by Crippen LogP contribution is 2.28. The van der Waals surface area contributed by atoms with Crippen molar-refractivity contribution in [2.24, 2.45) is 0 Å². The van der Waals surface area contributed by atoms with Crippen LogP contribution in [0.25, 0.3) is 11.1 Å². The predicted octanol–water partition coefficient (Wildman–Crippen LogP) is 3.58. The minimum absolute atomic E-state index is 0.0823. The molecule has 0 saturated heterocycles. The molecule has 20 heavy (non-hydrogen) atoms. The molecule has 3 nitrogen and oxygen atoms in total. The van der Waals surface area contributed by atoms with E-state index in [0.717, 1.165) is 11.1 Å². The van der Waals surface area contributed by atoms with Gasteiger partial charge in [0, 0.05) is 29.7 Å². The van der Waals surface area contributed by atoms with E-state index >= 15 is 0 Å². The highest BCUT2D eigenvalue weighted by Gasteiger charge is 2.28. The van der Waals surface area contributed by atoms with Crippen LogP contribution in [0.5, 0.6) is 5.75 Å². The molecule has 0 atom stereocenters. The van der Waals surface area contributed by atoms with Gasteiger partial charge in [0.25, 0.3) is 0 Å². The fourth-order valence-electron chi connectivity index (χ4n) is 1.75. The van der Waals surface area contributed by atoms with E-state index in [1.165, 1.54) is 12.1 Å². The Morgan fingerprint density at radius 1 is 1.10 bits per heavy atom. The zero-order chi connectivity index (χ0) is 14.8. The van der Waals surface area contributed by atoms with E-state index in [4.69, 9.17) is 10.5 Å². The van der Waals surface area contributed by atoms with Crippen LogP contribution in [0.3, 0.4) is 0 Å². The second-order valence-electron chi connectivity index (χ2n) is 4.45. The number of hydrogen-bond donors (Lipinski definition) is 1. The van der Waals surface area contributed by atoms with Crippen LogP contribution in [0.15, 0.2) is 36.7 Å². The lowest BCUT2D eigenvalue weighted by atomic mass is 10.1. The number of aromatic nitrogens is 1. The molecule has 2 N–H and O–H groups in total. The minimum atomic E-state index is -4.38. The molecule has 0 fully saturated rings. The summed E-state index contributed by atoms with van der Waals surface area (Å²) in [7, 11) is 0. The van der Waals surface area contributed by atoms with Gasteiger partial charge in [-0.25, -0.2) is 0 Å². The van der Waals surface area contributed by atoms with E-state index in [2.05, 4.69) is 4.98 Å². The van der Waals surface area contributed by atoms with Gasteiger partial charge in [-0.3, -0.25) is 4.98 Å². The third kappa shape index (κ3) is 3.88. The van der Waals surface area contributed by atoms with Crippen LogP contribution in [-0.4, -0.2) is 17.8 Å². The largest absolute Gasteiger partial charge is 0.484 e. The Morgan fingerprint density at radius 2 is 1.85 bits per heavy atom. The Kier molecular flexibility index (Phi) is 3.83. The van der Waals surface area contributed by atoms with Crippen molar-refractivity contribution in [1.29, 1.82) is 0 Å². The number of nitrogens with two attached hydrogens (primary N) is 1. The Bertz CT molecular complexity index is 612. The van der Waals surface area contributed by atoms with Gasteiger partial charge >= 0.3 is 6.18 Å².